The number of hydrogen-bond acceptors (Lipinski definition) is 3. The summed E-state index contributed by atoms with van der Waals surface area (Å²) in [6.45, 7) is 6.82. The molecule has 1 heterocycles. The van der Waals surface area contributed by atoms with Gasteiger partial charge in [-0.15, -0.1) is 0 Å². The van der Waals surface area contributed by atoms with Gasteiger partial charge in [-0.1, -0.05) is 38.1 Å². The Morgan fingerprint density at radius 3 is 2.64 bits per heavy atom. The quantitative estimate of drug-likeness (QED) is 0.780. The molecule has 0 radical (unpaired) electrons. The first kappa shape index (κ1) is 17.6. The number of benzene rings is 1. The molecule has 1 aromatic heterocycles. The summed E-state index contributed by atoms with van der Waals surface area (Å²) in [5.74, 6) is 0.959. The van der Waals surface area contributed by atoms with Crippen LogP contribution in [0.1, 0.15) is 66.7 Å². The zero-order chi connectivity index (χ0) is 18.0. The van der Waals surface area contributed by atoms with E-state index in [1.807, 2.05) is 31.2 Å². The Bertz CT molecular complexity index is 819. The molecule has 132 valence electrons. The molecule has 0 bridgehead atoms. The van der Waals surface area contributed by atoms with Gasteiger partial charge in [0.25, 0.3) is 5.56 Å². The van der Waals surface area contributed by atoms with Gasteiger partial charge in [0.1, 0.15) is 0 Å². The number of nitrogens with zero attached hydrogens (tertiary/aromatic N) is 2. The van der Waals surface area contributed by atoms with E-state index in [0.29, 0.717) is 24.8 Å². The summed E-state index contributed by atoms with van der Waals surface area (Å²) in [6, 6.07) is 9.68. The van der Waals surface area contributed by atoms with E-state index in [1.165, 1.54) is 10.2 Å². The van der Waals surface area contributed by atoms with Gasteiger partial charge in [0, 0.05) is 24.6 Å². The van der Waals surface area contributed by atoms with Gasteiger partial charge < -0.3 is 0 Å². The Morgan fingerprint density at radius 1 is 1.28 bits per heavy atom. The van der Waals surface area contributed by atoms with Crippen LogP contribution < -0.4 is 5.56 Å². The minimum atomic E-state index is -0.0440. The van der Waals surface area contributed by atoms with Crippen molar-refractivity contribution in [1.29, 1.82) is 0 Å². The SMILES string of the molecule is CCn1nc2c(cc1=O)CC(CC(=O)c1ccc(C(C)C)cc1)CC2. The van der Waals surface area contributed by atoms with Crippen molar-refractivity contribution in [3.63, 3.8) is 0 Å². The van der Waals surface area contributed by atoms with E-state index in [4.69, 9.17) is 0 Å². The molecule has 25 heavy (non-hydrogen) atoms. The van der Waals surface area contributed by atoms with Crippen molar-refractivity contribution in [2.45, 2.75) is 58.9 Å². The smallest absolute Gasteiger partial charge is 0.267 e. The van der Waals surface area contributed by atoms with E-state index in [9.17, 15) is 9.59 Å². The van der Waals surface area contributed by atoms with E-state index in [-0.39, 0.29) is 11.3 Å². The second kappa shape index (κ2) is 7.34. The molecule has 0 spiro atoms. The van der Waals surface area contributed by atoms with Crippen LogP contribution in [0.25, 0.3) is 0 Å². The highest BCUT2D eigenvalue weighted by molar-refractivity contribution is 5.96. The summed E-state index contributed by atoms with van der Waals surface area (Å²) in [4.78, 5) is 24.6. The fraction of sp³-hybridized carbons (Fsp3) is 0.476. The van der Waals surface area contributed by atoms with Crippen LogP contribution in [0.4, 0.5) is 0 Å². The largest absolute Gasteiger partial charge is 0.294 e. The van der Waals surface area contributed by atoms with Crippen molar-refractivity contribution < 1.29 is 4.79 Å². The molecule has 0 N–H and O–H groups in total. The number of rotatable bonds is 5. The Hall–Kier alpha value is -2.23. The van der Waals surface area contributed by atoms with Crippen molar-refractivity contribution >= 4 is 5.78 Å². The van der Waals surface area contributed by atoms with Gasteiger partial charge >= 0.3 is 0 Å². The number of hydrogen-bond donors (Lipinski definition) is 0. The average Bonchev–Trinajstić information content (AvgIpc) is 2.61. The maximum absolute atomic E-state index is 12.6. The molecule has 4 nitrogen and oxygen atoms in total. The molecule has 3 rings (SSSR count). The third-order valence-corrected chi connectivity index (χ3v) is 5.14. The van der Waals surface area contributed by atoms with Gasteiger partial charge in [-0.2, -0.15) is 5.10 Å². The fourth-order valence-electron chi connectivity index (χ4n) is 3.54. The predicted molar refractivity (Wildman–Crippen MR) is 99.2 cm³/mol. The number of Topliss-reactive ketones (excluding diaryl/α,β-unsaturated/α-hetero) is 1. The number of aryl methyl sites for hydroxylation is 2. The maximum Gasteiger partial charge on any atom is 0.267 e. The zero-order valence-electron chi connectivity index (χ0n) is 15.3. The molecule has 2 aromatic rings. The molecule has 1 aliphatic rings. The third kappa shape index (κ3) is 3.89. The van der Waals surface area contributed by atoms with Crippen LogP contribution in [0.5, 0.6) is 0 Å². The average molecular weight is 338 g/mol. The molecule has 1 aromatic carbocycles. The standard InChI is InChI=1S/C21H26N2O2/c1-4-23-21(25)13-18-11-15(5-10-19(18)22-23)12-20(24)17-8-6-16(7-9-17)14(2)3/h6-9,13-15H,4-5,10-12H2,1-3H3. The number of ketones is 1. The molecule has 0 aliphatic heterocycles. The monoisotopic (exact) mass is 338 g/mol. The summed E-state index contributed by atoms with van der Waals surface area (Å²) in [7, 11) is 0. The second-order valence-electron chi connectivity index (χ2n) is 7.28. The van der Waals surface area contributed by atoms with Gasteiger partial charge in [-0.3, -0.25) is 9.59 Å². The molecule has 4 heteroatoms. The predicted octanol–water partition coefficient (Wildman–Crippen LogP) is 3.76. The van der Waals surface area contributed by atoms with Crippen molar-refractivity contribution in [2.24, 2.45) is 5.92 Å². The Morgan fingerprint density at radius 2 is 2.00 bits per heavy atom. The van der Waals surface area contributed by atoms with Crippen LogP contribution >= 0.6 is 0 Å². The minimum Gasteiger partial charge on any atom is -0.294 e. The Kier molecular flexibility index (Phi) is 5.16. The van der Waals surface area contributed by atoms with Gasteiger partial charge in [-0.25, -0.2) is 4.68 Å². The van der Waals surface area contributed by atoms with E-state index in [1.54, 1.807) is 6.07 Å². The Labute approximate surface area is 148 Å². The summed E-state index contributed by atoms with van der Waals surface area (Å²) >= 11 is 0. The normalized spacial score (nSPS) is 16.7. The summed E-state index contributed by atoms with van der Waals surface area (Å²) in [5.41, 5.74) is 4.04. The number of fused-ring (bicyclic) bond motifs is 1. The highest BCUT2D eigenvalue weighted by Gasteiger charge is 2.23. The molecular formula is C21H26N2O2. The summed E-state index contributed by atoms with van der Waals surface area (Å²) in [6.07, 6.45) is 3.12. The van der Waals surface area contributed by atoms with E-state index in [2.05, 4.69) is 18.9 Å². The van der Waals surface area contributed by atoms with Gasteiger partial charge in [-0.05, 0) is 49.1 Å². The van der Waals surface area contributed by atoms with Crippen LogP contribution in [-0.2, 0) is 19.4 Å². The maximum atomic E-state index is 12.6. The van der Waals surface area contributed by atoms with Crippen LogP contribution in [-0.4, -0.2) is 15.6 Å². The first-order valence-electron chi connectivity index (χ1n) is 9.21. The third-order valence-electron chi connectivity index (χ3n) is 5.14. The molecule has 0 fully saturated rings. The first-order valence-corrected chi connectivity index (χ1v) is 9.21. The lowest BCUT2D eigenvalue weighted by molar-refractivity contribution is 0.0957. The van der Waals surface area contributed by atoms with E-state index in [0.717, 1.165) is 36.1 Å². The van der Waals surface area contributed by atoms with Crippen molar-refractivity contribution in [2.75, 3.05) is 0 Å². The van der Waals surface area contributed by atoms with Gasteiger partial charge in [0.05, 0.1) is 5.69 Å². The van der Waals surface area contributed by atoms with E-state index < -0.39 is 0 Å². The lowest BCUT2D eigenvalue weighted by Gasteiger charge is -2.23. The van der Waals surface area contributed by atoms with Gasteiger partial charge in [0.2, 0.25) is 0 Å². The van der Waals surface area contributed by atoms with Crippen molar-refractivity contribution in [1.82, 2.24) is 9.78 Å². The van der Waals surface area contributed by atoms with Crippen LogP contribution in [0.3, 0.4) is 0 Å². The molecule has 0 saturated heterocycles. The summed E-state index contributed by atoms with van der Waals surface area (Å²) < 4.78 is 1.51. The lowest BCUT2D eigenvalue weighted by Crippen LogP contribution is -2.28. The van der Waals surface area contributed by atoms with Crippen LogP contribution in [0.2, 0.25) is 0 Å². The van der Waals surface area contributed by atoms with Crippen LogP contribution in [0, 0.1) is 5.92 Å². The molecule has 1 atom stereocenters. The van der Waals surface area contributed by atoms with Crippen molar-refractivity contribution in [3.8, 4) is 0 Å². The van der Waals surface area contributed by atoms with Gasteiger partial charge in [0.15, 0.2) is 5.78 Å². The fourth-order valence-corrected chi connectivity index (χ4v) is 3.54. The highest BCUT2D eigenvalue weighted by Crippen LogP contribution is 2.27. The number of carbonyl (C=O) groups excluding carboxylic acids is 1. The summed E-state index contributed by atoms with van der Waals surface area (Å²) in [5, 5.41) is 4.45. The first-order chi connectivity index (χ1) is 12.0. The highest BCUT2D eigenvalue weighted by atomic mass is 16.1. The number of aromatic nitrogens is 2. The second-order valence-corrected chi connectivity index (χ2v) is 7.28. The minimum absolute atomic E-state index is 0.0440. The number of carbonyl (C=O) groups is 1. The molecule has 0 amide bonds. The Balaban J connectivity index is 1.69. The lowest BCUT2D eigenvalue weighted by atomic mass is 9.83. The zero-order valence-corrected chi connectivity index (χ0v) is 15.3. The topological polar surface area (TPSA) is 52.0 Å². The molecule has 1 unspecified atom stereocenters. The molecule has 0 saturated carbocycles. The molecular weight excluding hydrogens is 312 g/mol. The van der Waals surface area contributed by atoms with Crippen molar-refractivity contribution in [3.05, 3.63) is 63.1 Å². The molecule has 1 aliphatic carbocycles. The van der Waals surface area contributed by atoms with E-state index >= 15 is 0 Å². The van der Waals surface area contributed by atoms with Crippen LogP contribution in [0.15, 0.2) is 35.1 Å².